The van der Waals surface area contributed by atoms with Crippen molar-refractivity contribution < 1.29 is 13.9 Å². The predicted octanol–water partition coefficient (Wildman–Crippen LogP) is 2.66. The number of aliphatic hydroxyl groups excluding tert-OH is 1. The highest BCUT2D eigenvalue weighted by Crippen LogP contribution is 2.21. The molecule has 0 aliphatic heterocycles. The molecule has 0 aliphatic carbocycles. The quantitative estimate of drug-likeness (QED) is 0.813. The minimum absolute atomic E-state index is 0.0206. The lowest BCUT2D eigenvalue weighted by Gasteiger charge is -2.14. The van der Waals surface area contributed by atoms with Crippen molar-refractivity contribution in [3.63, 3.8) is 0 Å². The molecule has 90 valence electrons. The standard InChI is InChI=1S/C12H17F2NO/c1-8(2)15-7-11(16)9-3-5-10(6-4-9)12(13)14/h3-6,8,11-12,15-16H,7H2,1-2H3. The van der Waals surface area contributed by atoms with E-state index in [9.17, 15) is 13.9 Å². The summed E-state index contributed by atoms with van der Waals surface area (Å²) in [7, 11) is 0. The molecular formula is C12H17F2NO. The molecule has 0 saturated carbocycles. The van der Waals surface area contributed by atoms with Gasteiger partial charge in [0.25, 0.3) is 6.43 Å². The lowest BCUT2D eigenvalue weighted by atomic mass is 10.1. The molecule has 0 saturated heterocycles. The lowest BCUT2D eigenvalue weighted by molar-refractivity contribution is 0.150. The number of halogens is 2. The summed E-state index contributed by atoms with van der Waals surface area (Å²) in [6, 6.07) is 6.05. The van der Waals surface area contributed by atoms with Gasteiger partial charge in [-0.25, -0.2) is 8.78 Å². The first-order valence-corrected chi connectivity index (χ1v) is 5.30. The second kappa shape index (κ2) is 5.92. The minimum atomic E-state index is -2.46. The molecule has 0 fully saturated rings. The summed E-state index contributed by atoms with van der Waals surface area (Å²) in [6.07, 6.45) is -3.12. The van der Waals surface area contributed by atoms with E-state index >= 15 is 0 Å². The van der Waals surface area contributed by atoms with E-state index in [4.69, 9.17) is 0 Å². The Kier molecular flexibility index (Phi) is 4.83. The molecule has 0 heterocycles. The van der Waals surface area contributed by atoms with Crippen LogP contribution in [-0.4, -0.2) is 17.7 Å². The van der Waals surface area contributed by atoms with Crippen molar-refractivity contribution in [1.82, 2.24) is 5.32 Å². The molecule has 0 spiro atoms. The van der Waals surface area contributed by atoms with Crippen LogP contribution in [0, 0.1) is 0 Å². The van der Waals surface area contributed by atoms with Crippen LogP contribution < -0.4 is 5.32 Å². The van der Waals surface area contributed by atoms with E-state index in [1.165, 1.54) is 24.3 Å². The highest BCUT2D eigenvalue weighted by atomic mass is 19.3. The van der Waals surface area contributed by atoms with E-state index < -0.39 is 12.5 Å². The SMILES string of the molecule is CC(C)NCC(O)c1ccc(C(F)F)cc1. The number of nitrogens with one attached hydrogen (secondary N) is 1. The Balaban J connectivity index is 2.59. The van der Waals surface area contributed by atoms with Gasteiger partial charge in [-0.1, -0.05) is 38.1 Å². The summed E-state index contributed by atoms with van der Waals surface area (Å²) < 4.78 is 24.6. The van der Waals surface area contributed by atoms with Gasteiger partial charge in [0.05, 0.1) is 6.10 Å². The Morgan fingerprint density at radius 2 is 1.62 bits per heavy atom. The zero-order valence-electron chi connectivity index (χ0n) is 9.45. The highest BCUT2D eigenvalue weighted by molar-refractivity contribution is 5.25. The Morgan fingerprint density at radius 1 is 1.12 bits per heavy atom. The van der Waals surface area contributed by atoms with Crippen LogP contribution in [0.15, 0.2) is 24.3 Å². The van der Waals surface area contributed by atoms with Crippen molar-refractivity contribution in [2.24, 2.45) is 0 Å². The molecule has 0 aromatic heterocycles. The third-order valence-electron chi connectivity index (χ3n) is 2.29. The molecule has 1 aromatic rings. The van der Waals surface area contributed by atoms with Gasteiger partial charge >= 0.3 is 0 Å². The first-order chi connectivity index (χ1) is 7.50. The predicted molar refractivity (Wildman–Crippen MR) is 59.5 cm³/mol. The van der Waals surface area contributed by atoms with Crippen molar-refractivity contribution in [3.05, 3.63) is 35.4 Å². The van der Waals surface area contributed by atoms with Crippen LogP contribution in [0.3, 0.4) is 0 Å². The number of hydrogen-bond donors (Lipinski definition) is 2. The van der Waals surface area contributed by atoms with Crippen LogP contribution in [0.5, 0.6) is 0 Å². The maximum atomic E-state index is 12.3. The molecule has 0 radical (unpaired) electrons. The van der Waals surface area contributed by atoms with E-state index in [2.05, 4.69) is 5.32 Å². The van der Waals surface area contributed by atoms with Gasteiger partial charge in [0.2, 0.25) is 0 Å². The zero-order valence-corrected chi connectivity index (χ0v) is 9.45. The van der Waals surface area contributed by atoms with Crippen LogP contribution in [-0.2, 0) is 0 Å². The first-order valence-electron chi connectivity index (χ1n) is 5.30. The molecule has 0 bridgehead atoms. The van der Waals surface area contributed by atoms with Crippen molar-refractivity contribution in [1.29, 1.82) is 0 Å². The van der Waals surface area contributed by atoms with Crippen molar-refractivity contribution in [2.75, 3.05) is 6.54 Å². The van der Waals surface area contributed by atoms with Gasteiger partial charge in [-0.2, -0.15) is 0 Å². The van der Waals surface area contributed by atoms with E-state index in [0.717, 1.165) is 0 Å². The monoisotopic (exact) mass is 229 g/mol. The molecule has 1 unspecified atom stereocenters. The average molecular weight is 229 g/mol. The number of benzene rings is 1. The lowest BCUT2D eigenvalue weighted by Crippen LogP contribution is -2.27. The van der Waals surface area contributed by atoms with Gasteiger partial charge in [0, 0.05) is 18.2 Å². The fraction of sp³-hybridized carbons (Fsp3) is 0.500. The van der Waals surface area contributed by atoms with Crippen LogP contribution in [0.4, 0.5) is 8.78 Å². The van der Waals surface area contributed by atoms with Gasteiger partial charge < -0.3 is 10.4 Å². The fourth-order valence-corrected chi connectivity index (χ4v) is 1.33. The van der Waals surface area contributed by atoms with Gasteiger partial charge in [-0.3, -0.25) is 0 Å². The Hall–Kier alpha value is -1.00. The Labute approximate surface area is 94.3 Å². The molecule has 1 atom stereocenters. The minimum Gasteiger partial charge on any atom is -0.387 e. The normalized spacial score (nSPS) is 13.4. The van der Waals surface area contributed by atoms with Crippen molar-refractivity contribution in [2.45, 2.75) is 32.4 Å². The maximum absolute atomic E-state index is 12.3. The smallest absolute Gasteiger partial charge is 0.263 e. The molecule has 2 nitrogen and oxygen atoms in total. The fourth-order valence-electron chi connectivity index (χ4n) is 1.33. The molecule has 2 N–H and O–H groups in total. The summed E-state index contributed by atoms with van der Waals surface area (Å²) in [5.41, 5.74) is 0.630. The average Bonchev–Trinajstić information content (AvgIpc) is 2.26. The Bertz CT molecular complexity index is 311. The molecule has 0 amide bonds. The third kappa shape index (κ3) is 3.87. The first kappa shape index (κ1) is 13.1. The number of alkyl halides is 2. The second-order valence-electron chi connectivity index (χ2n) is 4.05. The molecule has 16 heavy (non-hydrogen) atoms. The molecule has 4 heteroatoms. The number of hydrogen-bond acceptors (Lipinski definition) is 2. The van der Waals surface area contributed by atoms with E-state index in [1.807, 2.05) is 13.8 Å². The van der Waals surface area contributed by atoms with Gasteiger partial charge in [0.1, 0.15) is 0 Å². The van der Waals surface area contributed by atoms with Gasteiger partial charge in [-0.15, -0.1) is 0 Å². The number of rotatable bonds is 5. The van der Waals surface area contributed by atoms with Gasteiger partial charge in [-0.05, 0) is 5.56 Å². The van der Waals surface area contributed by atoms with Crippen LogP contribution in [0.1, 0.15) is 37.5 Å². The summed E-state index contributed by atoms with van der Waals surface area (Å²) in [5.74, 6) is 0. The zero-order chi connectivity index (χ0) is 12.1. The van der Waals surface area contributed by atoms with E-state index in [0.29, 0.717) is 12.1 Å². The topological polar surface area (TPSA) is 32.3 Å². The number of aliphatic hydroxyl groups is 1. The Morgan fingerprint density at radius 3 is 2.06 bits per heavy atom. The molecule has 1 rings (SSSR count). The summed E-state index contributed by atoms with van der Waals surface area (Å²) in [4.78, 5) is 0. The van der Waals surface area contributed by atoms with Crippen molar-refractivity contribution >= 4 is 0 Å². The van der Waals surface area contributed by atoms with Crippen molar-refractivity contribution in [3.8, 4) is 0 Å². The molecule has 1 aromatic carbocycles. The summed E-state index contributed by atoms with van der Waals surface area (Å²) in [5, 5.41) is 12.8. The van der Waals surface area contributed by atoms with Crippen LogP contribution in [0.25, 0.3) is 0 Å². The van der Waals surface area contributed by atoms with Crippen LogP contribution in [0.2, 0.25) is 0 Å². The second-order valence-corrected chi connectivity index (χ2v) is 4.05. The maximum Gasteiger partial charge on any atom is 0.263 e. The van der Waals surface area contributed by atoms with Gasteiger partial charge in [0.15, 0.2) is 0 Å². The highest BCUT2D eigenvalue weighted by Gasteiger charge is 2.10. The third-order valence-corrected chi connectivity index (χ3v) is 2.29. The van der Waals surface area contributed by atoms with E-state index in [-0.39, 0.29) is 11.6 Å². The molecule has 0 aliphatic rings. The van der Waals surface area contributed by atoms with E-state index in [1.54, 1.807) is 0 Å². The van der Waals surface area contributed by atoms with Crippen LogP contribution >= 0.6 is 0 Å². The molecular weight excluding hydrogens is 212 g/mol. The summed E-state index contributed by atoms with van der Waals surface area (Å²) in [6.45, 7) is 4.38. The summed E-state index contributed by atoms with van der Waals surface area (Å²) >= 11 is 0. The largest absolute Gasteiger partial charge is 0.387 e.